The molecular formula is C15H27O3P. The molecule has 19 heavy (non-hydrogen) atoms. The van der Waals surface area contributed by atoms with Crippen LogP contribution in [0.3, 0.4) is 0 Å². The first-order valence-electron chi connectivity index (χ1n) is 6.65. The van der Waals surface area contributed by atoms with E-state index in [1.165, 1.54) is 36.0 Å². The molecule has 0 aromatic heterocycles. The molecule has 0 saturated carbocycles. The molecule has 0 saturated heterocycles. The molecule has 0 aliphatic carbocycles. The van der Waals surface area contributed by atoms with Gasteiger partial charge in [-0.3, -0.25) is 0 Å². The normalized spacial score (nSPS) is 11.2. The van der Waals surface area contributed by atoms with E-state index in [1.807, 2.05) is 0 Å². The van der Waals surface area contributed by atoms with Crippen LogP contribution in [0.5, 0.6) is 0 Å². The van der Waals surface area contributed by atoms with Crippen molar-refractivity contribution in [1.82, 2.24) is 0 Å². The van der Waals surface area contributed by atoms with Crippen molar-refractivity contribution in [2.75, 3.05) is 0 Å². The van der Waals surface area contributed by atoms with Crippen LogP contribution >= 0.6 is 8.60 Å². The molecule has 0 bridgehead atoms. The topological polar surface area (TPSA) is 60.7 Å². The van der Waals surface area contributed by atoms with Gasteiger partial charge < -0.3 is 14.7 Å². The smallest absolute Gasteiger partial charge is 0.324 e. The van der Waals surface area contributed by atoms with Crippen molar-refractivity contribution in [2.24, 2.45) is 0 Å². The molecule has 0 heterocycles. The quantitative estimate of drug-likeness (QED) is 0.740. The minimum absolute atomic E-state index is 0.272. The largest absolute Gasteiger partial charge is 0.328 e. The summed E-state index contributed by atoms with van der Waals surface area (Å²) in [6.07, 6.45) is 3.81. The van der Waals surface area contributed by atoms with Crippen molar-refractivity contribution in [1.29, 1.82) is 0 Å². The monoisotopic (exact) mass is 286 g/mol. The predicted molar refractivity (Wildman–Crippen MR) is 82.1 cm³/mol. The Morgan fingerprint density at radius 1 is 1.11 bits per heavy atom. The summed E-state index contributed by atoms with van der Waals surface area (Å²) in [6, 6.07) is 6.93. The second-order valence-corrected chi connectivity index (χ2v) is 6.30. The lowest BCUT2D eigenvalue weighted by atomic mass is 9.84. The molecule has 3 N–H and O–H groups in total. The summed E-state index contributed by atoms with van der Waals surface area (Å²) in [5, 5.41) is 0. The molecule has 110 valence electrons. The van der Waals surface area contributed by atoms with Crippen LogP contribution in [0.1, 0.15) is 57.2 Å². The van der Waals surface area contributed by atoms with E-state index in [1.54, 1.807) is 0 Å². The van der Waals surface area contributed by atoms with Crippen LogP contribution in [0.25, 0.3) is 0 Å². The van der Waals surface area contributed by atoms with Gasteiger partial charge in [-0.1, -0.05) is 52.3 Å². The Morgan fingerprint density at radius 2 is 1.63 bits per heavy atom. The van der Waals surface area contributed by atoms with Crippen LogP contribution in [0, 0.1) is 6.92 Å². The van der Waals surface area contributed by atoms with Gasteiger partial charge in [-0.2, -0.15) is 0 Å². The van der Waals surface area contributed by atoms with Crippen molar-refractivity contribution in [3.63, 3.8) is 0 Å². The van der Waals surface area contributed by atoms with Gasteiger partial charge in [-0.05, 0) is 41.9 Å². The van der Waals surface area contributed by atoms with Gasteiger partial charge in [0.25, 0.3) is 0 Å². The fraction of sp³-hybridized carbons (Fsp3) is 0.600. The van der Waals surface area contributed by atoms with E-state index >= 15 is 0 Å². The van der Waals surface area contributed by atoms with Crippen molar-refractivity contribution in [3.05, 3.63) is 34.9 Å². The van der Waals surface area contributed by atoms with Crippen LogP contribution in [0.4, 0.5) is 0 Å². The summed E-state index contributed by atoms with van der Waals surface area (Å²) in [6.45, 7) is 11.3. The molecule has 3 nitrogen and oxygen atoms in total. The Labute approximate surface area is 118 Å². The van der Waals surface area contributed by atoms with Crippen molar-refractivity contribution < 1.29 is 14.7 Å². The second-order valence-electron chi connectivity index (χ2n) is 5.76. The SMILES string of the molecule is CCCCc1cc(C(C)(C)C)ccc1C.OP(O)O. The average molecular weight is 286 g/mol. The molecule has 0 fully saturated rings. The van der Waals surface area contributed by atoms with E-state index in [9.17, 15) is 0 Å². The van der Waals surface area contributed by atoms with Gasteiger partial charge in [0, 0.05) is 0 Å². The Kier molecular flexibility index (Phi) is 8.44. The molecule has 0 spiro atoms. The van der Waals surface area contributed by atoms with Gasteiger partial charge in [0.1, 0.15) is 0 Å². The van der Waals surface area contributed by atoms with Crippen molar-refractivity contribution in [2.45, 2.75) is 59.3 Å². The summed E-state index contributed by atoms with van der Waals surface area (Å²) in [4.78, 5) is 21.7. The Hall–Kier alpha value is -0.470. The van der Waals surface area contributed by atoms with Gasteiger partial charge in [0.15, 0.2) is 0 Å². The summed E-state index contributed by atoms with van der Waals surface area (Å²) in [5.74, 6) is 0. The number of benzene rings is 1. The van der Waals surface area contributed by atoms with Gasteiger partial charge in [0.2, 0.25) is 0 Å². The standard InChI is InChI=1S/C15H24.H3O3P/c1-6-7-8-13-11-14(15(3,4)5)10-9-12(13)2;1-4(2)3/h9-11H,6-8H2,1-5H3;1-3H. The van der Waals surface area contributed by atoms with Crippen LogP contribution in [-0.2, 0) is 11.8 Å². The number of unbranched alkanes of at least 4 members (excludes halogenated alkanes) is 1. The molecule has 0 atom stereocenters. The molecule has 4 heteroatoms. The lowest BCUT2D eigenvalue weighted by Crippen LogP contribution is -2.11. The molecule has 0 radical (unpaired) electrons. The first kappa shape index (κ1) is 18.5. The number of aryl methyl sites for hydroxylation is 2. The summed E-state index contributed by atoms with van der Waals surface area (Å²) in [7, 11) is -2.62. The highest BCUT2D eigenvalue weighted by Crippen LogP contribution is 2.25. The van der Waals surface area contributed by atoms with Crippen LogP contribution < -0.4 is 0 Å². The Morgan fingerprint density at radius 3 is 2.05 bits per heavy atom. The third-order valence-corrected chi connectivity index (χ3v) is 3.01. The van der Waals surface area contributed by atoms with Crippen molar-refractivity contribution >= 4 is 8.60 Å². The Bertz CT molecular complexity index is 367. The van der Waals surface area contributed by atoms with E-state index in [0.29, 0.717) is 0 Å². The fourth-order valence-corrected chi connectivity index (χ4v) is 1.77. The average Bonchev–Trinajstić information content (AvgIpc) is 2.25. The second kappa shape index (κ2) is 8.65. The molecule has 0 unspecified atom stereocenters. The number of hydrogen-bond acceptors (Lipinski definition) is 3. The van der Waals surface area contributed by atoms with E-state index in [4.69, 9.17) is 14.7 Å². The van der Waals surface area contributed by atoms with E-state index < -0.39 is 8.60 Å². The maximum Gasteiger partial charge on any atom is 0.324 e. The first-order valence-corrected chi connectivity index (χ1v) is 7.85. The van der Waals surface area contributed by atoms with Gasteiger partial charge >= 0.3 is 8.60 Å². The zero-order chi connectivity index (χ0) is 15.1. The molecule has 1 aromatic carbocycles. The predicted octanol–water partition coefficient (Wildman–Crippen LogP) is 3.83. The third kappa shape index (κ3) is 8.33. The highest BCUT2D eigenvalue weighted by molar-refractivity contribution is 7.38. The molecule has 0 aliphatic heterocycles. The third-order valence-electron chi connectivity index (χ3n) is 3.01. The number of hydrogen-bond donors (Lipinski definition) is 3. The van der Waals surface area contributed by atoms with Crippen LogP contribution in [0.15, 0.2) is 18.2 Å². The van der Waals surface area contributed by atoms with E-state index in [-0.39, 0.29) is 5.41 Å². The molecule has 1 aromatic rings. The zero-order valence-corrected chi connectivity index (χ0v) is 13.5. The molecule has 0 amide bonds. The minimum Gasteiger partial charge on any atom is -0.328 e. The molecule has 1 rings (SSSR count). The van der Waals surface area contributed by atoms with Gasteiger partial charge in [-0.25, -0.2) is 0 Å². The van der Waals surface area contributed by atoms with Gasteiger partial charge in [-0.15, -0.1) is 0 Å². The lowest BCUT2D eigenvalue weighted by molar-refractivity contribution is 0.368. The maximum absolute atomic E-state index is 7.23. The first-order chi connectivity index (χ1) is 8.68. The fourth-order valence-electron chi connectivity index (χ4n) is 1.77. The highest BCUT2D eigenvalue weighted by atomic mass is 31.2. The van der Waals surface area contributed by atoms with Crippen molar-refractivity contribution in [3.8, 4) is 0 Å². The van der Waals surface area contributed by atoms with Crippen LogP contribution in [-0.4, -0.2) is 14.7 Å². The summed E-state index contributed by atoms with van der Waals surface area (Å²) < 4.78 is 0. The van der Waals surface area contributed by atoms with Crippen LogP contribution in [0.2, 0.25) is 0 Å². The summed E-state index contributed by atoms with van der Waals surface area (Å²) in [5.41, 5.74) is 4.70. The highest BCUT2D eigenvalue weighted by Gasteiger charge is 2.14. The van der Waals surface area contributed by atoms with E-state index in [0.717, 1.165) is 0 Å². The molecular weight excluding hydrogens is 259 g/mol. The summed E-state index contributed by atoms with van der Waals surface area (Å²) >= 11 is 0. The molecule has 0 aliphatic rings. The maximum atomic E-state index is 7.23. The zero-order valence-electron chi connectivity index (χ0n) is 12.6. The minimum atomic E-state index is -2.62. The lowest BCUT2D eigenvalue weighted by Gasteiger charge is -2.20. The Balaban J connectivity index is 0.000000711. The number of rotatable bonds is 3. The van der Waals surface area contributed by atoms with Gasteiger partial charge in [0.05, 0.1) is 0 Å². The van der Waals surface area contributed by atoms with E-state index in [2.05, 4.69) is 52.8 Å².